The van der Waals surface area contributed by atoms with Crippen molar-refractivity contribution in [3.05, 3.63) is 77.9 Å². The van der Waals surface area contributed by atoms with Gasteiger partial charge in [0.2, 0.25) is 5.91 Å². The highest BCUT2D eigenvalue weighted by Crippen LogP contribution is 2.38. The second kappa shape index (κ2) is 11.3. The van der Waals surface area contributed by atoms with E-state index in [1.54, 1.807) is 4.90 Å². The molecule has 0 aromatic heterocycles. The zero-order valence-corrected chi connectivity index (χ0v) is 20.4. The largest absolute Gasteiger partial charge is 0.387 e. The molecule has 3 aromatic rings. The predicted molar refractivity (Wildman–Crippen MR) is 138 cm³/mol. The number of anilines is 1. The SMILES string of the molecule is CCCCCc1ccc(N(CCc2ccc3ccccc3c2)C(=O)[C@H]2CC[C@H](O)C(F)(F)C2)cc1. The number of carbonyl (C=O) groups is 1. The van der Waals surface area contributed by atoms with Crippen LogP contribution in [0.15, 0.2) is 66.7 Å². The molecule has 35 heavy (non-hydrogen) atoms. The lowest BCUT2D eigenvalue weighted by molar-refractivity contribution is -0.154. The van der Waals surface area contributed by atoms with E-state index in [1.807, 2.05) is 36.4 Å². The van der Waals surface area contributed by atoms with Crippen molar-refractivity contribution < 1.29 is 18.7 Å². The van der Waals surface area contributed by atoms with Crippen molar-refractivity contribution in [1.29, 1.82) is 0 Å². The van der Waals surface area contributed by atoms with E-state index in [-0.39, 0.29) is 18.7 Å². The van der Waals surface area contributed by atoms with Gasteiger partial charge in [-0.05, 0) is 66.1 Å². The van der Waals surface area contributed by atoms with Crippen LogP contribution in [-0.2, 0) is 17.6 Å². The predicted octanol–water partition coefficient (Wildman–Crippen LogP) is 6.94. The standard InChI is InChI=1S/C30H35F2NO2/c1-2-3-4-7-22-11-15-27(16-12-22)33(29(35)26-14-17-28(34)30(31,32)21-26)19-18-23-10-13-24-8-5-6-9-25(24)20-23/h5-6,8-13,15-16,20,26,28,34H,2-4,7,14,17-19,21H2,1H3/t26-,28-/m0/s1. The van der Waals surface area contributed by atoms with E-state index in [1.165, 1.54) is 12.0 Å². The minimum atomic E-state index is -3.23. The summed E-state index contributed by atoms with van der Waals surface area (Å²) in [6.07, 6.45) is 3.03. The number of benzene rings is 3. The number of carbonyl (C=O) groups excluding carboxylic acids is 1. The molecule has 1 fully saturated rings. The number of aliphatic hydroxyl groups excluding tert-OH is 1. The lowest BCUT2D eigenvalue weighted by Crippen LogP contribution is -2.46. The van der Waals surface area contributed by atoms with E-state index in [0.29, 0.717) is 13.0 Å². The van der Waals surface area contributed by atoms with Crippen LogP contribution in [0, 0.1) is 5.92 Å². The number of hydrogen-bond acceptors (Lipinski definition) is 2. The van der Waals surface area contributed by atoms with Crippen LogP contribution in [0.4, 0.5) is 14.5 Å². The minimum absolute atomic E-state index is 0.0573. The van der Waals surface area contributed by atoms with Crippen molar-refractivity contribution in [2.24, 2.45) is 5.92 Å². The summed E-state index contributed by atoms with van der Waals surface area (Å²) in [4.78, 5) is 15.2. The van der Waals surface area contributed by atoms with Gasteiger partial charge in [0.1, 0.15) is 6.10 Å². The average Bonchev–Trinajstić information content (AvgIpc) is 2.86. The summed E-state index contributed by atoms with van der Waals surface area (Å²) in [5.41, 5.74) is 3.06. The summed E-state index contributed by atoms with van der Waals surface area (Å²) in [5, 5.41) is 12.0. The molecule has 5 heteroatoms. The highest BCUT2D eigenvalue weighted by Gasteiger charge is 2.47. The molecule has 0 heterocycles. The van der Waals surface area contributed by atoms with Crippen molar-refractivity contribution in [3.63, 3.8) is 0 Å². The summed E-state index contributed by atoms with van der Waals surface area (Å²) >= 11 is 0. The van der Waals surface area contributed by atoms with Crippen LogP contribution < -0.4 is 4.90 Å². The number of unbranched alkanes of at least 4 members (excludes halogenated alkanes) is 2. The third kappa shape index (κ3) is 6.26. The molecule has 0 aliphatic heterocycles. The fraction of sp³-hybridized carbons (Fsp3) is 0.433. The van der Waals surface area contributed by atoms with Crippen LogP contribution >= 0.6 is 0 Å². The Morgan fingerprint density at radius 1 is 0.943 bits per heavy atom. The number of amides is 1. The molecule has 0 radical (unpaired) electrons. The highest BCUT2D eigenvalue weighted by molar-refractivity contribution is 5.95. The third-order valence-electron chi connectivity index (χ3n) is 7.16. The summed E-state index contributed by atoms with van der Waals surface area (Å²) in [5.74, 6) is -4.31. The lowest BCUT2D eigenvalue weighted by Gasteiger charge is -2.35. The molecule has 4 rings (SSSR count). The number of nitrogens with zero attached hydrogens (tertiary/aromatic N) is 1. The van der Waals surface area contributed by atoms with Crippen molar-refractivity contribution in [2.75, 3.05) is 11.4 Å². The monoisotopic (exact) mass is 479 g/mol. The zero-order valence-electron chi connectivity index (χ0n) is 20.4. The van der Waals surface area contributed by atoms with Gasteiger partial charge >= 0.3 is 0 Å². The molecule has 1 aliphatic rings. The molecule has 2 atom stereocenters. The van der Waals surface area contributed by atoms with E-state index in [4.69, 9.17) is 0 Å². The molecule has 186 valence electrons. The molecule has 0 bridgehead atoms. The summed E-state index contributed by atoms with van der Waals surface area (Å²) in [7, 11) is 0. The van der Waals surface area contributed by atoms with Gasteiger partial charge in [0, 0.05) is 24.6 Å². The third-order valence-corrected chi connectivity index (χ3v) is 7.16. The second-order valence-corrected chi connectivity index (χ2v) is 9.80. The number of alkyl halides is 2. The fourth-order valence-electron chi connectivity index (χ4n) is 4.99. The second-order valence-electron chi connectivity index (χ2n) is 9.80. The number of halogens is 2. The molecule has 1 saturated carbocycles. The first-order chi connectivity index (χ1) is 16.9. The van der Waals surface area contributed by atoms with Gasteiger partial charge in [-0.25, -0.2) is 8.78 Å². The van der Waals surface area contributed by atoms with Crippen LogP contribution in [0.1, 0.15) is 56.6 Å². The number of rotatable bonds is 9. The Bertz CT molecular complexity index is 1130. The van der Waals surface area contributed by atoms with Crippen LogP contribution in [-0.4, -0.2) is 29.6 Å². The molecule has 1 amide bonds. The molecule has 0 unspecified atom stereocenters. The van der Waals surface area contributed by atoms with Gasteiger partial charge in [-0.3, -0.25) is 4.79 Å². The zero-order chi connectivity index (χ0) is 24.8. The van der Waals surface area contributed by atoms with E-state index in [0.717, 1.165) is 41.3 Å². The fourth-order valence-corrected chi connectivity index (χ4v) is 4.99. The smallest absolute Gasteiger partial charge is 0.274 e. The normalized spacial score (nSPS) is 19.5. The maximum absolute atomic E-state index is 14.3. The van der Waals surface area contributed by atoms with Gasteiger partial charge in [-0.2, -0.15) is 0 Å². The van der Waals surface area contributed by atoms with E-state index >= 15 is 0 Å². The Morgan fingerprint density at radius 3 is 2.37 bits per heavy atom. The van der Waals surface area contributed by atoms with E-state index in [2.05, 4.69) is 37.3 Å². The molecule has 3 nitrogen and oxygen atoms in total. The number of aryl methyl sites for hydroxylation is 1. The summed E-state index contributed by atoms with van der Waals surface area (Å²) in [6, 6.07) is 22.4. The topological polar surface area (TPSA) is 40.5 Å². The van der Waals surface area contributed by atoms with E-state index < -0.39 is 24.4 Å². The van der Waals surface area contributed by atoms with Crippen LogP contribution in [0.5, 0.6) is 0 Å². The van der Waals surface area contributed by atoms with Gasteiger partial charge in [0.05, 0.1) is 0 Å². The Balaban J connectivity index is 1.54. The quantitative estimate of drug-likeness (QED) is 0.338. The van der Waals surface area contributed by atoms with Gasteiger partial charge in [0.15, 0.2) is 0 Å². The summed E-state index contributed by atoms with van der Waals surface area (Å²) in [6.45, 7) is 2.59. The Hall–Kier alpha value is -2.79. The van der Waals surface area contributed by atoms with Crippen molar-refractivity contribution in [2.45, 2.75) is 70.3 Å². The number of fused-ring (bicyclic) bond motifs is 1. The highest BCUT2D eigenvalue weighted by atomic mass is 19.3. The molecule has 0 saturated heterocycles. The maximum Gasteiger partial charge on any atom is 0.274 e. The molecule has 1 N–H and O–H groups in total. The van der Waals surface area contributed by atoms with Crippen molar-refractivity contribution in [3.8, 4) is 0 Å². The average molecular weight is 480 g/mol. The first-order valence-electron chi connectivity index (χ1n) is 12.8. The molecule has 0 spiro atoms. The van der Waals surface area contributed by atoms with Crippen LogP contribution in [0.3, 0.4) is 0 Å². The first kappa shape index (κ1) is 25.3. The van der Waals surface area contributed by atoms with Gasteiger partial charge in [0.25, 0.3) is 5.92 Å². The van der Waals surface area contributed by atoms with Crippen LogP contribution in [0.25, 0.3) is 10.8 Å². The maximum atomic E-state index is 14.3. The Morgan fingerprint density at radius 2 is 1.66 bits per heavy atom. The van der Waals surface area contributed by atoms with E-state index in [9.17, 15) is 18.7 Å². The van der Waals surface area contributed by atoms with Gasteiger partial charge in [-0.15, -0.1) is 0 Å². The minimum Gasteiger partial charge on any atom is -0.387 e. The van der Waals surface area contributed by atoms with Crippen molar-refractivity contribution in [1.82, 2.24) is 0 Å². The van der Waals surface area contributed by atoms with Gasteiger partial charge in [-0.1, -0.05) is 74.4 Å². The molecule has 3 aromatic carbocycles. The van der Waals surface area contributed by atoms with Crippen LogP contribution in [0.2, 0.25) is 0 Å². The van der Waals surface area contributed by atoms with Gasteiger partial charge < -0.3 is 10.0 Å². The summed E-state index contributed by atoms with van der Waals surface area (Å²) < 4.78 is 28.5. The molecular formula is C30H35F2NO2. The first-order valence-corrected chi connectivity index (χ1v) is 12.8. The van der Waals surface area contributed by atoms with Crippen molar-refractivity contribution >= 4 is 22.4 Å². The molecule has 1 aliphatic carbocycles. The number of aliphatic hydroxyl groups is 1. The Labute approximate surface area is 206 Å². The number of hydrogen-bond donors (Lipinski definition) is 1. The lowest BCUT2D eigenvalue weighted by atomic mass is 9.83. The Kier molecular flexibility index (Phi) is 8.17. The molecular weight excluding hydrogens is 444 g/mol.